The van der Waals surface area contributed by atoms with Crippen molar-refractivity contribution >= 4 is 11.6 Å². The van der Waals surface area contributed by atoms with E-state index in [-0.39, 0.29) is 12.5 Å². The standard InChI is InChI=1S/C14H22N2O2/c1-5-16(4)12-8-6-11(7-9-12)13(18)15-14(2,3)10-17/h6-9,17H,5,10H2,1-4H3,(H,15,18). The van der Waals surface area contributed by atoms with Crippen molar-refractivity contribution < 1.29 is 9.90 Å². The van der Waals surface area contributed by atoms with Crippen LogP contribution in [-0.4, -0.2) is 36.8 Å². The normalized spacial score (nSPS) is 11.2. The Labute approximate surface area is 109 Å². The monoisotopic (exact) mass is 250 g/mol. The highest BCUT2D eigenvalue weighted by atomic mass is 16.3. The SMILES string of the molecule is CCN(C)c1ccc(C(=O)NC(C)(C)CO)cc1. The molecule has 0 spiro atoms. The molecule has 4 heteroatoms. The van der Waals surface area contributed by atoms with Crippen LogP contribution in [0.25, 0.3) is 0 Å². The summed E-state index contributed by atoms with van der Waals surface area (Å²) in [4.78, 5) is 14.0. The number of nitrogens with zero attached hydrogens (tertiary/aromatic N) is 1. The van der Waals surface area contributed by atoms with Gasteiger partial charge in [-0.1, -0.05) is 0 Å². The maximum absolute atomic E-state index is 11.9. The van der Waals surface area contributed by atoms with Crippen molar-refractivity contribution in [1.82, 2.24) is 5.32 Å². The number of hydrogen-bond acceptors (Lipinski definition) is 3. The molecule has 0 saturated carbocycles. The highest BCUT2D eigenvalue weighted by Crippen LogP contribution is 2.14. The van der Waals surface area contributed by atoms with Crippen molar-refractivity contribution in [3.8, 4) is 0 Å². The predicted molar refractivity (Wildman–Crippen MR) is 74.0 cm³/mol. The van der Waals surface area contributed by atoms with Gasteiger partial charge < -0.3 is 15.3 Å². The Balaban J connectivity index is 2.76. The number of aliphatic hydroxyl groups excluding tert-OH is 1. The molecule has 18 heavy (non-hydrogen) atoms. The van der Waals surface area contributed by atoms with Crippen LogP contribution in [0.5, 0.6) is 0 Å². The number of benzene rings is 1. The largest absolute Gasteiger partial charge is 0.394 e. The molecule has 0 saturated heterocycles. The number of rotatable bonds is 5. The average molecular weight is 250 g/mol. The zero-order valence-corrected chi connectivity index (χ0v) is 11.5. The third-order valence-electron chi connectivity index (χ3n) is 2.89. The summed E-state index contributed by atoms with van der Waals surface area (Å²) in [7, 11) is 2.00. The lowest BCUT2D eigenvalue weighted by molar-refractivity contribution is 0.0869. The molecule has 1 aromatic carbocycles. The van der Waals surface area contributed by atoms with Crippen LogP contribution < -0.4 is 10.2 Å². The van der Waals surface area contributed by atoms with Gasteiger partial charge in [-0.2, -0.15) is 0 Å². The Hall–Kier alpha value is -1.55. The number of hydrogen-bond donors (Lipinski definition) is 2. The second-order valence-corrected chi connectivity index (χ2v) is 5.06. The number of anilines is 1. The van der Waals surface area contributed by atoms with Crippen molar-refractivity contribution in [3.05, 3.63) is 29.8 Å². The van der Waals surface area contributed by atoms with Crippen LogP contribution in [0.1, 0.15) is 31.1 Å². The van der Waals surface area contributed by atoms with Gasteiger partial charge in [-0.15, -0.1) is 0 Å². The lowest BCUT2D eigenvalue weighted by atomic mass is 10.1. The second-order valence-electron chi connectivity index (χ2n) is 5.06. The Morgan fingerprint density at radius 1 is 1.33 bits per heavy atom. The molecule has 100 valence electrons. The van der Waals surface area contributed by atoms with Gasteiger partial charge in [0, 0.05) is 24.8 Å². The van der Waals surface area contributed by atoms with Gasteiger partial charge in [-0.05, 0) is 45.0 Å². The fourth-order valence-corrected chi connectivity index (χ4v) is 1.47. The summed E-state index contributed by atoms with van der Waals surface area (Å²) in [6, 6.07) is 7.43. The van der Waals surface area contributed by atoms with Crippen molar-refractivity contribution in [2.75, 3.05) is 25.1 Å². The number of amides is 1. The molecule has 2 N–H and O–H groups in total. The molecule has 0 fully saturated rings. The van der Waals surface area contributed by atoms with Gasteiger partial charge >= 0.3 is 0 Å². The number of carbonyl (C=O) groups is 1. The maximum atomic E-state index is 11.9. The predicted octanol–water partition coefficient (Wildman–Crippen LogP) is 1.64. The van der Waals surface area contributed by atoms with E-state index in [1.54, 1.807) is 26.0 Å². The summed E-state index contributed by atoms with van der Waals surface area (Å²) in [5.74, 6) is -0.167. The van der Waals surface area contributed by atoms with Gasteiger partial charge in [-0.3, -0.25) is 4.79 Å². The highest BCUT2D eigenvalue weighted by Gasteiger charge is 2.19. The second kappa shape index (κ2) is 5.87. The molecular weight excluding hydrogens is 228 g/mol. The molecule has 1 rings (SSSR count). The van der Waals surface area contributed by atoms with Crippen LogP contribution in [0.3, 0.4) is 0 Å². The van der Waals surface area contributed by atoms with Gasteiger partial charge in [0.15, 0.2) is 0 Å². The maximum Gasteiger partial charge on any atom is 0.251 e. The van der Waals surface area contributed by atoms with Gasteiger partial charge in [0.2, 0.25) is 0 Å². The molecule has 0 aromatic heterocycles. The first-order valence-electron chi connectivity index (χ1n) is 6.14. The summed E-state index contributed by atoms with van der Waals surface area (Å²) in [5.41, 5.74) is 1.08. The van der Waals surface area contributed by atoms with Gasteiger partial charge in [0.05, 0.1) is 12.1 Å². The van der Waals surface area contributed by atoms with Crippen molar-refractivity contribution in [2.45, 2.75) is 26.3 Å². The van der Waals surface area contributed by atoms with Gasteiger partial charge in [-0.25, -0.2) is 0 Å². The van der Waals surface area contributed by atoms with Crippen molar-refractivity contribution in [1.29, 1.82) is 0 Å². The molecular formula is C14H22N2O2. The van der Waals surface area contributed by atoms with E-state index in [2.05, 4.69) is 17.1 Å². The van der Waals surface area contributed by atoms with E-state index in [0.717, 1.165) is 12.2 Å². The first-order valence-corrected chi connectivity index (χ1v) is 6.14. The first kappa shape index (κ1) is 14.5. The smallest absolute Gasteiger partial charge is 0.251 e. The molecule has 0 aliphatic rings. The topological polar surface area (TPSA) is 52.6 Å². The molecule has 0 atom stereocenters. The van der Waals surface area contributed by atoms with E-state index in [1.165, 1.54) is 0 Å². The quantitative estimate of drug-likeness (QED) is 0.835. The van der Waals surface area contributed by atoms with Crippen LogP contribution in [0.4, 0.5) is 5.69 Å². The molecule has 0 unspecified atom stereocenters. The zero-order valence-electron chi connectivity index (χ0n) is 11.5. The van der Waals surface area contributed by atoms with Crippen LogP contribution in [0.2, 0.25) is 0 Å². The molecule has 4 nitrogen and oxygen atoms in total. The Morgan fingerprint density at radius 3 is 2.33 bits per heavy atom. The minimum atomic E-state index is -0.601. The molecule has 0 heterocycles. The zero-order chi connectivity index (χ0) is 13.8. The fourth-order valence-electron chi connectivity index (χ4n) is 1.47. The van der Waals surface area contributed by atoms with Crippen LogP contribution >= 0.6 is 0 Å². The van der Waals surface area contributed by atoms with Crippen LogP contribution in [-0.2, 0) is 0 Å². The van der Waals surface area contributed by atoms with Crippen LogP contribution in [0, 0.1) is 0 Å². The molecule has 0 aliphatic carbocycles. The molecule has 1 amide bonds. The van der Waals surface area contributed by atoms with Gasteiger partial charge in [0.1, 0.15) is 0 Å². The summed E-state index contributed by atoms with van der Waals surface area (Å²) in [6.45, 7) is 6.47. The van der Waals surface area contributed by atoms with E-state index >= 15 is 0 Å². The molecule has 0 bridgehead atoms. The Kier molecular flexibility index (Phi) is 4.73. The average Bonchev–Trinajstić information content (AvgIpc) is 2.37. The summed E-state index contributed by atoms with van der Waals surface area (Å²) in [6.07, 6.45) is 0. The van der Waals surface area contributed by atoms with E-state index in [1.807, 2.05) is 19.2 Å². The number of carbonyl (C=O) groups excluding carboxylic acids is 1. The number of nitrogens with one attached hydrogen (secondary N) is 1. The van der Waals surface area contributed by atoms with E-state index in [4.69, 9.17) is 5.11 Å². The van der Waals surface area contributed by atoms with Gasteiger partial charge in [0.25, 0.3) is 5.91 Å². The Bertz CT molecular complexity index is 399. The lowest BCUT2D eigenvalue weighted by Gasteiger charge is -2.23. The Morgan fingerprint density at radius 2 is 1.89 bits per heavy atom. The first-order chi connectivity index (χ1) is 8.39. The third-order valence-corrected chi connectivity index (χ3v) is 2.89. The van der Waals surface area contributed by atoms with E-state index in [0.29, 0.717) is 5.56 Å². The van der Waals surface area contributed by atoms with Crippen LogP contribution in [0.15, 0.2) is 24.3 Å². The minimum absolute atomic E-state index is 0.0879. The van der Waals surface area contributed by atoms with E-state index < -0.39 is 5.54 Å². The minimum Gasteiger partial charge on any atom is -0.394 e. The molecule has 1 aromatic rings. The summed E-state index contributed by atoms with van der Waals surface area (Å²) in [5, 5.41) is 11.9. The van der Waals surface area contributed by atoms with Crippen molar-refractivity contribution in [2.24, 2.45) is 0 Å². The summed E-state index contributed by atoms with van der Waals surface area (Å²) < 4.78 is 0. The molecule has 0 radical (unpaired) electrons. The summed E-state index contributed by atoms with van der Waals surface area (Å²) >= 11 is 0. The van der Waals surface area contributed by atoms with E-state index in [9.17, 15) is 4.79 Å². The lowest BCUT2D eigenvalue weighted by Crippen LogP contribution is -2.46. The van der Waals surface area contributed by atoms with Crippen molar-refractivity contribution in [3.63, 3.8) is 0 Å². The highest BCUT2D eigenvalue weighted by molar-refractivity contribution is 5.95. The third kappa shape index (κ3) is 3.74. The fraction of sp³-hybridized carbons (Fsp3) is 0.500. The molecule has 0 aliphatic heterocycles. The number of aliphatic hydroxyl groups is 1.